The van der Waals surface area contributed by atoms with Gasteiger partial charge in [-0.3, -0.25) is 0 Å². The third kappa shape index (κ3) is 5.04. The fraction of sp³-hybridized carbons (Fsp3) is 1.00. The molecule has 2 rings (SSSR count). The normalized spacial score (nSPS) is 24.8. The van der Waals surface area contributed by atoms with Crippen molar-refractivity contribution in [3.63, 3.8) is 0 Å². The molecule has 0 atom stereocenters. The van der Waals surface area contributed by atoms with Crippen LogP contribution in [0.1, 0.15) is 70.6 Å². The largest absolute Gasteiger partial charge is 0.319 e. The Labute approximate surface area is 126 Å². The summed E-state index contributed by atoms with van der Waals surface area (Å²) < 4.78 is 0. The van der Waals surface area contributed by atoms with E-state index in [0.29, 0.717) is 5.41 Å². The van der Waals surface area contributed by atoms with E-state index in [1.54, 1.807) is 0 Å². The van der Waals surface area contributed by atoms with Crippen molar-refractivity contribution in [2.75, 3.05) is 33.7 Å². The van der Waals surface area contributed by atoms with Gasteiger partial charge in [0, 0.05) is 19.6 Å². The van der Waals surface area contributed by atoms with Crippen LogP contribution in [0.2, 0.25) is 0 Å². The van der Waals surface area contributed by atoms with Gasteiger partial charge in [0.1, 0.15) is 0 Å². The minimum absolute atomic E-state index is 0.550. The lowest BCUT2D eigenvalue weighted by atomic mass is 9.79. The van der Waals surface area contributed by atoms with E-state index in [9.17, 15) is 0 Å². The molecule has 0 radical (unpaired) electrons. The van der Waals surface area contributed by atoms with Crippen LogP contribution < -0.4 is 5.32 Å². The smallest absolute Gasteiger partial charge is 0.00472 e. The molecule has 2 fully saturated rings. The molecule has 0 saturated heterocycles. The van der Waals surface area contributed by atoms with Crippen LogP contribution in [0.25, 0.3) is 0 Å². The molecule has 0 bridgehead atoms. The third-order valence-corrected chi connectivity index (χ3v) is 5.62. The molecular weight excluding hydrogens is 244 g/mol. The zero-order valence-corrected chi connectivity index (χ0v) is 13.9. The van der Waals surface area contributed by atoms with E-state index in [1.807, 2.05) is 0 Å². The van der Waals surface area contributed by atoms with Crippen LogP contribution in [0, 0.1) is 11.3 Å². The quantitative estimate of drug-likeness (QED) is 0.738. The van der Waals surface area contributed by atoms with E-state index >= 15 is 0 Å². The first-order valence-electron chi connectivity index (χ1n) is 9.07. The molecule has 2 heteroatoms. The van der Waals surface area contributed by atoms with Gasteiger partial charge in [-0.1, -0.05) is 44.9 Å². The number of hydrogen-bond acceptors (Lipinski definition) is 2. The van der Waals surface area contributed by atoms with E-state index in [1.165, 1.54) is 90.3 Å². The number of nitrogens with zero attached hydrogens (tertiary/aromatic N) is 1. The Morgan fingerprint density at radius 3 is 2.15 bits per heavy atom. The van der Waals surface area contributed by atoms with Gasteiger partial charge in [0.2, 0.25) is 0 Å². The highest BCUT2D eigenvalue weighted by Gasteiger charge is 2.32. The van der Waals surface area contributed by atoms with E-state index in [2.05, 4.69) is 24.3 Å². The van der Waals surface area contributed by atoms with E-state index < -0.39 is 0 Å². The van der Waals surface area contributed by atoms with E-state index in [-0.39, 0.29) is 0 Å². The Balaban J connectivity index is 1.85. The van der Waals surface area contributed by atoms with Crippen molar-refractivity contribution in [3.8, 4) is 0 Å². The second-order valence-corrected chi connectivity index (χ2v) is 7.65. The van der Waals surface area contributed by atoms with Gasteiger partial charge >= 0.3 is 0 Å². The van der Waals surface area contributed by atoms with Crippen LogP contribution in [-0.4, -0.2) is 38.6 Å². The van der Waals surface area contributed by atoms with Crippen molar-refractivity contribution in [2.24, 2.45) is 11.3 Å². The van der Waals surface area contributed by atoms with Crippen LogP contribution in [-0.2, 0) is 0 Å². The maximum atomic E-state index is 3.49. The summed E-state index contributed by atoms with van der Waals surface area (Å²) in [6, 6.07) is 0. The van der Waals surface area contributed by atoms with Gasteiger partial charge in [-0.25, -0.2) is 0 Å². The van der Waals surface area contributed by atoms with Crippen molar-refractivity contribution < 1.29 is 0 Å². The second kappa shape index (κ2) is 8.38. The molecule has 2 aliphatic carbocycles. The molecule has 118 valence electrons. The molecule has 2 saturated carbocycles. The fourth-order valence-electron chi connectivity index (χ4n) is 4.69. The summed E-state index contributed by atoms with van der Waals surface area (Å²) in [4.78, 5) is 2.67. The molecule has 0 aromatic heterocycles. The van der Waals surface area contributed by atoms with Crippen LogP contribution >= 0.6 is 0 Å². The number of hydrogen-bond donors (Lipinski definition) is 1. The molecule has 0 unspecified atom stereocenters. The highest BCUT2D eigenvalue weighted by atomic mass is 15.1. The molecule has 2 aliphatic rings. The van der Waals surface area contributed by atoms with Crippen LogP contribution in [0.4, 0.5) is 0 Å². The van der Waals surface area contributed by atoms with Crippen molar-refractivity contribution >= 4 is 0 Å². The Morgan fingerprint density at radius 2 is 1.55 bits per heavy atom. The van der Waals surface area contributed by atoms with Crippen LogP contribution in [0.15, 0.2) is 0 Å². The fourth-order valence-corrected chi connectivity index (χ4v) is 4.69. The predicted octanol–water partition coefficient (Wildman–Crippen LogP) is 4.06. The molecule has 0 aromatic rings. The van der Waals surface area contributed by atoms with Gasteiger partial charge in [0.05, 0.1) is 0 Å². The molecule has 0 amide bonds. The summed E-state index contributed by atoms with van der Waals surface area (Å²) in [5.74, 6) is 0.978. The lowest BCUT2D eigenvalue weighted by Crippen LogP contribution is -2.43. The SMILES string of the molecule is CNCC1(CN(C)CC2CCCCC2)CCCCCC1. The Hall–Kier alpha value is -0.0800. The van der Waals surface area contributed by atoms with Crippen LogP contribution in [0.3, 0.4) is 0 Å². The zero-order valence-electron chi connectivity index (χ0n) is 13.9. The predicted molar refractivity (Wildman–Crippen MR) is 88.1 cm³/mol. The van der Waals surface area contributed by atoms with Gasteiger partial charge in [0.25, 0.3) is 0 Å². The van der Waals surface area contributed by atoms with Gasteiger partial charge in [-0.15, -0.1) is 0 Å². The number of rotatable bonds is 6. The molecule has 20 heavy (non-hydrogen) atoms. The molecule has 0 aromatic carbocycles. The molecule has 0 spiro atoms. The van der Waals surface area contributed by atoms with Gasteiger partial charge in [-0.05, 0) is 51.1 Å². The van der Waals surface area contributed by atoms with E-state index in [4.69, 9.17) is 0 Å². The van der Waals surface area contributed by atoms with Crippen molar-refractivity contribution in [2.45, 2.75) is 70.6 Å². The first kappa shape index (κ1) is 16.3. The second-order valence-electron chi connectivity index (χ2n) is 7.65. The van der Waals surface area contributed by atoms with Crippen molar-refractivity contribution in [1.29, 1.82) is 0 Å². The zero-order chi connectivity index (χ0) is 14.3. The summed E-state index contributed by atoms with van der Waals surface area (Å²) in [6.45, 7) is 3.86. The summed E-state index contributed by atoms with van der Waals surface area (Å²) in [5.41, 5.74) is 0.550. The Kier molecular flexibility index (Phi) is 6.83. The topological polar surface area (TPSA) is 15.3 Å². The maximum absolute atomic E-state index is 3.49. The van der Waals surface area contributed by atoms with E-state index in [0.717, 1.165) is 5.92 Å². The Morgan fingerprint density at radius 1 is 0.950 bits per heavy atom. The lowest BCUT2D eigenvalue weighted by Gasteiger charge is -2.38. The average Bonchev–Trinajstić information content (AvgIpc) is 2.66. The van der Waals surface area contributed by atoms with Gasteiger partial charge < -0.3 is 10.2 Å². The highest BCUT2D eigenvalue weighted by molar-refractivity contribution is 4.86. The average molecular weight is 280 g/mol. The lowest BCUT2D eigenvalue weighted by molar-refractivity contribution is 0.127. The van der Waals surface area contributed by atoms with Crippen molar-refractivity contribution in [3.05, 3.63) is 0 Å². The minimum Gasteiger partial charge on any atom is -0.319 e. The van der Waals surface area contributed by atoms with Gasteiger partial charge in [-0.2, -0.15) is 0 Å². The Bertz CT molecular complexity index is 250. The van der Waals surface area contributed by atoms with Gasteiger partial charge in [0.15, 0.2) is 0 Å². The molecule has 2 nitrogen and oxygen atoms in total. The maximum Gasteiger partial charge on any atom is 0.00472 e. The first-order chi connectivity index (χ1) is 9.74. The summed E-state index contributed by atoms with van der Waals surface area (Å²) in [6.07, 6.45) is 16.0. The molecular formula is C18H36N2. The number of nitrogens with one attached hydrogen (secondary N) is 1. The monoisotopic (exact) mass is 280 g/mol. The summed E-state index contributed by atoms with van der Waals surface area (Å²) >= 11 is 0. The standard InChI is InChI=1S/C18H36N2/c1-19-15-18(12-8-3-4-9-13-18)16-20(2)14-17-10-6-5-7-11-17/h17,19H,3-16H2,1-2H3. The van der Waals surface area contributed by atoms with Crippen LogP contribution in [0.5, 0.6) is 0 Å². The third-order valence-electron chi connectivity index (χ3n) is 5.62. The molecule has 0 heterocycles. The summed E-state index contributed by atoms with van der Waals surface area (Å²) in [5, 5.41) is 3.49. The molecule has 0 aliphatic heterocycles. The minimum atomic E-state index is 0.550. The van der Waals surface area contributed by atoms with Crippen molar-refractivity contribution in [1.82, 2.24) is 10.2 Å². The molecule has 1 N–H and O–H groups in total. The highest BCUT2D eigenvalue weighted by Crippen LogP contribution is 2.35. The first-order valence-corrected chi connectivity index (χ1v) is 9.07. The summed E-state index contributed by atoms with van der Waals surface area (Å²) in [7, 11) is 4.50.